The highest BCUT2D eigenvalue weighted by Crippen LogP contribution is 2.51. The average Bonchev–Trinajstić information content (AvgIpc) is 0.985. The number of allylic oxidation sites excluding steroid dienone is 4. The van der Waals surface area contributed by atoms with Crippen LogP contribution in [0, 0.1) is 42.9 Å². The topological polar surface area (TPSA) is 334 Å². The van der Waals surface area contributed by atoms with Crippen molar-refractivity contribution in [2.75, 3.05) is 182 Å². The molecule has 9 N–H and O–H groups in total. The number of methoxy groups -OCH3 is 4. The number of piperidine rings is 8. The van der Waals surface area contributed by atoms with Gasteiger partial charge >= 0.3 is 0 Å². The Morgan fingerprint density at radius 1 is 0.366 bits per heavy atom. The van der Waals surface area contributed by atoms with Crippen LogP contribution in [0.3, 0.4) is 0 Å². The lowest BCUT2D eigenvalue weighted by molar-refractivity contribution is -0.132. The van der Waals surface area contributed by atoms with Crippen LogP contribution in [0.25, 0.3) is 83.5 Å². The highest BCUT2D eigenvalue weighted by molar-refractivity contribution is 6.00. The molecule has 11 aromatic rings. The van der Waals surface area contributed by atoms with Crippen LogP contribution in [0.5, 0.6) is 46.0 Å². The molecule has 3 amide bonds. The van der Waals surface area contributed by atoms with Gasteiger partial charge in [0.15, 0.2) is 63.3 Å². The van der Waals surface area contributed by atoms with Crippen LogP contribution in [0.2, 0.25) is 0 Å². The molecule has 0 radical (unpaired) electrons. The minimum absolute atomic E-state index is 0.0526. The zero-order valence-corrected chi connectivity index (χ0v) is 84.7. The maximum Gasteiger partial charge on any atom is 0.224 e. The number of rotatable bonds is 29. The number of fused-ring (bicyclic) bond motifs is 4. The van der Waals surface area contributed by atoms with Crippen molar-refractivity contribution < 1.29 is 65.5 Å². The zero-order valence-electron chi connectivity index (χ0n) is 84.7. The number of hydrogen-bond donors (Lipinski definition) is 9. The number of benzene rings is 4. The van der Waals surface area contributed by atoms with Gasteiger partial charge in [-0.2, -0.15) is 0 Å². The molecule has 9 fully saturated rings. The Hall–Kier alpha value is -12.4. The third-order valence-electron chi connectivity index (χ3n) is 30.2. The molecule has 142 heavy (non-hydrogen) atoms. The zero-order chi connectivity index (χ0) is 98.3. The Morgan fingerprint density at radius 2 is 0.676 bits per heavy atom. The van der Waals surface area contributed by atoms with Crippen molar-refractivity contribution in [2.24, 2.45) is 29.1 Å². The molecule has 10 aliphatic rings. The fourth-order valence-corrected chi connectivity index (χ4v) is 21.3. The first kappa shape index (κ1) is 99.8. The van der Waals surface area contributed by atoms with E-state index in [9.17, 15) is 14.4 Å². The van der Waals surface area contributed by atoms with E-state index in [4.69, 9.17) is 71.1 Å². The first-order chi connectivity index (χ1) is 69.1. The molecule has 756 valence electrons. The monoisotopic (exact) mass is 1940 g/mol. The van der Waals surface area contributed by atoms with E-state index in [1.165, 1.54) is 36.8 Å². The summed E-state index contributed by atoms with van der Waals surface area (Å²) in [6.07, 6.45) is 24.1. The summed E-state index contributed by atoms with van der Waals surface area (Å²) in [6, 6.07) is 36.8. The highest BCUT2D eigenvalue weighted by Gasteiger charge is 2.45. The molecule has 1 spiro atoms. The van der Waals surface area contributed by atoms with Gasteiger partial charge in [-0.1, -0.05) is 24.6 Å². The van der Waals surface area contributed by atoms with Gasteiger partial charge in [0.2, 0.25) is 17.7 Å². The van der Waals surface area contributed by atoms with E-state index in [1.54, 1.807) is 43.1 Å². The summed E-state index contributed by atoms with van der Waals surface area (Å²) >= 11 is 0. The van der Waals surface area contributed by atoms with Gasteiger partial charge in [0.25, 0.3) is 0 Å². The number of aromatic nitrogens is 4. The predicted octanol–water partition coefficient (Wildman–Crippen LogP) is 18.2. The maximum atomic E-state index is 12.3. The van der Waals surface area contributed by atoms with Crippen molar-refractivity contribution in [3.63, 3.8) is 0 Å². The van der Waals surface area contributed by atoms with Crippen molar-refractivity contribution in [2.45, 2.75) is 180 Å². The number of ether oxygens (including phenoxy) is 8. The molecule has 21 rings (SSSR count). The van der Waals surface area contributed by atoms with Crippen LogP contribution in [0.1, 0.15) is 159 Å². The van der Waals surface area contributed by atoms with Gasteiger partial charge in [-0.05, 0) is 309 Å². The SMILES string of the molecule is CCc1ccc(-c2cc(NC3CCN(C)C(=O)C3)c3cc(OC)c(OCC4CCNCC4)cc3n2)o1.COc1cc2c(NC3CC4(CCNCC4)C3)cc(-c3ccc(C)o3)nc2cc1OCC1CCNCC1.COc1cc2c(NC3CCN(C)C(=O)C3)cc(-c3ccc(C)o3)nc2cc1OCC1CCNCC1.COc1cc2c(NC3CCN(C)C(=O)C3)cc(C3=CC=C(C)C3)nc2cc1OCC1CCNCC1. The first-order valence-corrected chi connectivity index (χ1v) is 51.7. The molecule has 8 aliphatic heterocycles. The molecule has 15 heterocycles. The Kier molecular flexibility index (Phi) is 32.6. The standard InChI is InChI=1S/C29H38N4O3.C28H36N4O4.C28H36N4O3.C27H34N4O4/c1-19-3-4-26(36-19)25-14-23(32-21-16-29(17-21)7-11-31-12-8-29)22-13-27(34-2)28(15-24(22)33-25)35-18-20-5-9-30-10-6-20;1-4-20-5-6-25(36-20)24-15-22(30-19-9-12-32(2)28(33)13-19)21-14-26(34-3)27(16-23(21)31-24)35-17-18-7-10-29-11-8-18;1-18-4-5-20(12-18)23-15-24(30-21-8-11-32(2)28(33)13-21)22-14-26(34-3)27(16-25(22)31-23)35-17-19-6-9-29-10-7-19;1-17-4-5-24(35-17)23-14-21(29-19-8-11-31(2)27(32)12-19)20-13-25(33-3)26(15-22(20)30-23)34-16-18-6-9-28-10-7-18/h3-4,13-15,20-21,30-31H,5-12,16-18H2,1-2H3,(H,32,33);5-6,14-16,18-19,29H,4,7-13,17H2,1-3H3,(H,30,31);4-5,14-16,19,21,29H,6-13,17H2,1-3H3,(H,30,31);4-5,13-15,18-19,28H,6-12,16H2,1-3H3,(H,29,30). The first-order valence-electron chi connectivity index (χ1n) is 51.7. The van der Waals surface area contributed by atoms with E-state index >= 15 is 0 Å². The molecule has 1 saturated carbocycles. The molecule has 30 nitrogen and oxygen atoms in total. The highest BCUT2D eigenvalue weighted by atomic mass is 16.5. The van der Waals surface area contributed by atoms with Crippen LogP contribution < -0.4 is 85.7 Å². The molecule has 8 saturated heterocycles. The normalized spacial score (nSPS) is 20.0. The summed E-state index contributed by atoms with van der Waals surface area (Å²) in [5, 5.41) is 35.8. The van der Waals surface area contributed by atoms with E-state index in [0.717, 1.165) is 304 Å². The number of nitrogens with zero attached hydrogens (tertiary/aromatic N) is 7. The predicted molar refractivity (Wildman–Crippen MR) is 560 cm³/mol. The van der Waals surface area contributed by atoms with E-state index in [0.29, 0.717) is 115 Å². The van der Waals surface area contributed by atoms with Gasteiger partial charge in [-0.15, -0.1) is 0 Å². The summed E-state index contributed by atoms with van der Waals surface area (Å²) in [5.41, 5.74) is 13.6. The van der Waals surface area contributed by atoms with Crippen LogP contribution in [0.4, 0.5) is 22.7 Å². The van der Waals surface area contributed by atoms with Crippen LogP contribution in [-0.2, 0) is 20.8 Å². The van der Waals surface area contributed by atoms with Crippen LogP contribution in [-0.4, -0.2) is 238 Å². The summed E-state index contributed by atoms with van der Waals surface area (Å²) in [7, 11) is 12.3. The summed E-state index contributed by atoms with van der Waals surface area (Å²) in [5.74, 6) is 13.2. The molecular formula is C112H144N16O14. The minimum Gasteiger partial charge on any atom is -0.493 e. The number of carbonyl (C=O) groups excluding carboxylic acids is 3. The van der Waals surface area contributed by atoms with Crippen LogP contribution in [0.15, 0.2) is 140 Å². The van der Waals surface area contributed by atoms with E-state index in [1.807, 2.05) is 126 Å². The van der Waals surface area contributed by atoms with Crippen molar-refractivity contribution in [3.05, 3.63) is 150 Å². The third kappa shape index (κ3) is 24.6. The average molecular weight is 1940 g/mol. The molecule has 30 heteroatoms. The van der Waals surface area contributed by atoms with Gasteiger partial charge < -0.3 is 114 Å². The Labute approximate surface area is 833 Å². The minimum atomic E-state index is 0.0526. The number of aryl methyl sites for hydroxylation is 3. The molecule has 4 aromatic carbocycles. The van der Waals surface area contributed by atoms with E-state index in [2.05, 4.69) is 92.0 Å². The van der Waals surface area contributed by atoms with Gasteiger partial charge in [-0.3, -0.25) is 14.4 Å². The Bertz CT molecular complexity index is 6290. The maximum absolute atomic E-state index is 12.3. The van der Waals surface area contributed by atoms with Gasteiger partial charge in [0, 0.05) is 159 Å². The van der Waals surface area contributed by atoms with Crippen molar-refractivity contribution in [3.8, 4) is 80.4 Å². The van der Waals surface area contributed by atoms with E-state index in [-0.39, 0.29) is 35.8 Å². The second kappa shape index (κ2) is 46.4. The second-order valence-corrected chi connectivity index (χ2v) is 40.6. The van der Waals surface area contributed by atoms with Crippen molar-refractivity contribution >= 4 is 89.7 Å². The Morgan fingerprint density at radius 3 is 0.972 bits per heavy atom. The lowest BCUT2D eigenvalue weighted by Crippen LogP contribution is -2.50. The van der Waals surface area contributed by atoms with Crippen molar-refractivity contribution in [1.82, 2.24) is 61.2 Å². The van der Waals surface area contributed by atoms with Crippen molar-refractivity contribution in [1.29, 1.82) is 0 Å². The molecule has 0 bridgehead atoms. The summed E-state index contributed by atoms with van der Waals surface area (Å²) < 4.78 is 66.0. The number of nitrogens with one attached hydrogen (secondary N) is 9. The van der Waals surface area contributed by atoms with Crippen LogP contribution >= 0.6 is 0 Å². The third-order valence-corrected chi connectivity index (χ3v) is 30.2. The number of furan rings is 3. The second-order valence-electron chi connectivity index (χ2n) is 40.6. The van der Waals surface area contributed by atoms with Gasteiger partial charge in [0.1, 0.15) is 34.4 Å². The number of anilines is 4. The fraction of sp³-hybridized carbons (Fsp3) is 0.509. The number of hydrogen-bond acceptors (Lipinski definition) is 27. The van der Waals surface area contributed by atoms with E-state index < -0.39 is 0 Å². The molecule has 2 aliphatic carbocycles. The lowest BCUT2D eigenvalue weighted by atomic mass is 9.60. The lowest BCUT2D eigenvalue weighted by Gasteiger charge is -2.51. The smallest absolute Gasteiger partial charge is 0.224 e. The van der Waals surface area contributed by atoms with Gasteiger partial charge in [0.05, 0.1) is 82.6 Å². The largest absolute Gasteiger partial charge is 0.493 e. The number of carbonyl (C=O) groups is 3. The molecule has 3 unspecified atom stereocenters. The molecular weight excluding hydrogens is 1790 g/mol. The van der Waals surface area contributed by atoms with Gasteiger partial charge in [-0.25, -0.2) is 19.9 Å². The molecule has 7 aromatic heterocycles. The fourth-order valence-electron chi connectivity index (χ4n) is 21.3. The summed E-state index contributed by atoms with van der Waals surface area (Å²) in [6.45, 7) is 23.7. The summed E-state index contributed by atoms with van der Waals surface area (Å²) in [4.78, 5) is 62.3. The quantitative estimate of drug-likeness (QED) is 0.0210. The number of pyridine rings is 4. The number of amides is 3. The Balaban J connectivity index is 0.000000125. The molecule has 3 atom stereocenters. The number of likely N-dealkylation sites (tertiary alicyclic amines) is 3.